The lowest BCUT2D eigenvalue weighted by atomic mass is 9.77. The van der Waals surface area contributed by atoms with Crippen LogP contribution in [0.1, 0.15) is 45.4 Å². The third-order valence-corrected chi connectivity index (χ3v) is 3.52. The molecule has 1 aliphatic rings. The zero-order chi connectivity index (χ0) is 11.3. The molecule has 1 N–H and O–H groups in total. The minimum atomic E-state index is -0.972. The standard InChI is InChI=1S/C12H19NO2/c1-9(7-11(8-13)12(14)15)10-5-3-2-4-6-10/h9-11H,2-7H2,1H3,(H,14,15). The molecule has 1 saturated carbocycles. The maximum Gasteiger partial charge on any atom is 0.320 e. The monoisotopic (exact) mass is 209 g/mol. The summed E-state index contributed by atoms with van der Waals surface area (Å²) < 4.78 is 0. The molecule has 0 aliphatic heterocycles. The van der Waals surface area contributed by atoms with E-state index in [-0.39, 0.29) is 0 Å². The average Bonchev–Trinajstić information content (AvgIpc) is 2.26. The van der Waals surface area contributed by atoms with E-state index in [9.17, 15) is 4.79 Å². The van der Waals surface area contributed by atoms with E-state index < -0.39 is 11.9 Å². The number of aliphatic carboxylic acids is 1. The maximum atomic E-state index is 10.7. The molecule has 0 radical (unpaired) electrons. The van der Waals surface area contributed by atoms with Crippen LogP contribution in [0.3, 0.4) is 0 Å². The maximum absolute atomic E-state index is 10.7. The normalized spacial score (nSPS) is 21.6. The fourth-order valence-corrected chi connectivity index (χ4v) is 2.48. The van der Waals surface area contributed by atoms with Crippen LogP contribution in [0, 0.1) is 29.1 Å². The van der Waals surface area contributed by atoms with Crippen LogP contribution in [0.5, 0.6) is 0 Å². The molecule has 84 valence electrons. The van der Waals surface area contributed by atoms with E-state index in [1.807, 2.05) is 6.07 Å². The van der Waals surface area contributed by atoms with Crippen molar-refractivity contribution in [2.75, 3.05) is 0 Å². The Kier molecular flexibility index (Phi) is 4.61. The molecule has 1 fully saturated rings. The number of carboxylic acid groups (broad SMARTS) is 1. The van der Waals surface area contributed by atoms with Gasteiger partial charge in [-0.1, -0.05) is 39.0 Å². The molecule has 0 spiro atoms. The Balaban J connectivity index is 2.42. The van der Waals surface area contributed by atoms with Gasteiger partial charge in [0.05, 0.1) is 6.07 Å². The number of nitrogens with zero attached hydrogens (tertiary/aromatic N) is 1. The van der Waals surface area contributed by atoms with Crippen molar-refractivity contribution in [1.82, 2.24) is 0 Å². The van der Waals surface area contributed by atoms with E-state index in [0.29, 0.717) is 18.3 Å². The van der Waals surface area contributed by atoms with E-state index in [1.54, 1.807) is 0 Å². The topological polar surface area (TPSA) is 61.1 Å². The molecular formula is C12H19NO2. The minimum Gasteiger partial charge on any atom is -0.480 e. The third-order valence-electron chi connectivity index (χ3n) is 3.52. The Morgan fingerprint density at radius 1 is 1.47 bits per heavy atom. The molecule has 0 aromatic rings. The summed E-state index contributed by atoms with van der Waals surface area (Å²) in [5.41, 5.74) is 0. The van der Waals surface area contributed by atoms with Crippen LogP contribution in [0.2, 0.25) is 0 Å². The van der Waals surface area contributed by atoms with Crippen molar-refractivity contribution in [1.29, 1.82) is 5.26 Å². The molecule has 2 atom stereocenters. The van der Waals surface area contributed by atoms with Crippen LogP contribution in [0.4, 0.5) is 0 Å². The molecule has 1 aliphatic carbocycles. The summed E-state index contributed by atoms with van der Waals surface area (Å²) in [6.07, 6.45) is 6.76. The Hall–Kier alpha value is -1.04. The third kappa shape index (κ3) is 3.54. The fourth-order valence-electron chi connectivity index (χ4n) is 2.48. The van der Waals surface area contributed by atoms with Gasteiger partial charge in [-0.15, -0.1) is 0 Å². The number of carbonyl (C=O) groups is 1. The predicted octanol–water partition coefficient (Wildman–Crippen LogP) is 2.82. The number of nitriles is 1. The quantitative estimate of drug-likeness (QED) is 0.774. The highest BCUT2D eigenvalue weighted by Crippen LogP contribution is 2.32. The van der Waals surface area contributed by atoms with Crippen LogP contribution in [-0.2, 0) is 4.79 Å². The molecule has 0 aromatic carbocycles. The summed E-state index contributed by atoms with van der Waals surface area (Å²) in [6.45, 7) is 2.09. The van der Waals surface area contributed by atoms with Crippen molar-refractivity contribution in [3.63, 3.8) is 0 Å². The Morgan fingerprint density at radius 2 is 2.07 bits per heavy atom. The summed E-state index contributed by atoms with van der Waals surface area (Å²) in [7, 11) is 0. The molecule has 3 nitrogen and oxygen atoms in total. The van der Waals surface area contributed by atoms with E-state index in [4.69, 9.17) is 10.4 Å². The zero-order valence-corrected chi connectivity index (χ0v) is 9.28. The lowest BCUT2D eigenvalue weighted by Crippen LogP contribution is -2.21. The Labute approximate surface area is 91.1 Å². The molecule has 0 bridgehead atoms. The lowest BCUT2D eigenvalue weighted by Gasteiger charge is -2.28. The van der Waals surface area contributed by atoms with Gasteiger partial charge in [0.25, 0.3) is 0 Å². The summed E-state index contributed by atoms with van der Waals surface area (Å²) in [4.78, 5) is 10.7. The van der Waals surface area contributed by atoms with Crippen molar-refractivity contribution in [2.45, 2.75) is 45.4 Å². The zero-order valence-electron chi connectivity index (χ0n) is 9.28. The molecule has 2 unspecified atom stereocenters. The molecule has 3 heteroatoms. The first-order chi connectivity index (χ1) is 7.15. The Morgan fingerprint density at radius 3 is 2.53 bits per heavy atom. The summed E-state index contributed by atoms with van der Waals surface area (Å²) in [5.74, 6) is -0.790. The van der Waals surface area contributed by atoms with Gasteiger partial charge in [-0.05, 0) is 18.3 Å². The van der Waals surface area contributed by atoms with Crippen molar-refractivity contribution in [2.24, 2.45) is 17.8 Å². The number of rotatable bonds is 4. The number of hydrogen-bond donors (Lipinski definition) is 1. The summed E-state index contributed by atoms with van der Waals surface area (Å²) in [6, 6.07) is 1.87. The summed E-state index contributed by atoms with van der Waals surface area (Å²) in [5, 5.41) is 17.5. The lowest BCUT2D eigenvalue weighted by molar-refractivity contribution is -0.140. The van der Waals surface area contributed by atoms with Gasteiger partial charge in [-0.2, -0.15) is 5.26 Å². The van der Waals surface area contributed by atoms with Crippen LogP contribution in [0.15, 0.2) is 0 Å². The molecule has 0 heterocycles. The highest BCUT2D eigenvalue weighted by Gasteiger charge is 2.26. The average molecular weight is 209 g/mol. The first-order valence-corrected chi connectivity index (χ1v) is 5.77. The summed E-state index contributed by atoms with van der Waals surface area (Å²) >= 11 is 0. The SMILES string of the molecule is CC(CC(C#N)C(=O)O)C1CCCCC1. The minimum absolute atomic E-state index is 0.367. The van der Waals surface area contributed by atoms with Crippen molar-refractivity contribution >= 4 is 5.97 Å². The molecule has 1 rings (SSSR count). The molecule has 0 aromatic heterocycles. The van der Waals surface area contributed by atoms with Gasteiger partial charge in [0.2, 0.25) is 0 Å². The van der Waals surface area contributed by atoms with Crippen molar-refractivity contribution in [3.05, 3.63) is 0 Å². The van der Waals surface area contributed by atoms with Gasteiger partial charge in [0.1, 0.15) is 5.92 Å². The first kappa shape index (κ1) is 12.0. The van der Waals surface area contributed by atoms with E-state index in [0.717, 1.165) is 0 Å². The van der Waals surface area contributed by atoms with Crippen molar-refractivity contribution in [3.8, 4) is 6.07 Å². The van der Waals surface area contributed by atoms with Gasteiger partial charge in [0.15, 0.2) is 0 Å². The molecule has 0 saturated heterocycles. The van der Waals surface area contributed by atoms with Gasteiger partial charge < -0.3 is 5.11 Å². The van der Waals surface area contributed by atoms with Gasteiger partial charge in [-0.25, -0.2) is 0 Å². The molecule has 0 amide bonds. The van der Waals surface area contributed by atoms with Crippen LogP contribution < -0.4 is 0 Å². The number of carboxylic acids is 1. The highest BCUT2D eigenvalue weighted by molar-refractivity contribution is 5.72. The highest BCUT2D eigenvalue weighted by atomic mass is 16.4. The smallest absolute Gasteiger partial charge is 0.320 e. The second-order valence-electron chi connectivity index (χ2n) is 4.63. The molecular weight excluding hydrogens is 190 g/mol. The van der Waals surface area contributed by atoms with Crippen LogP contribution in [0.25, 0.3) is 0 Å². The second kappa shape index (κ2) is 5.75. The molecule has 15 heavy (non-hydrogen) atoms. The van der Waals surface area contributed by atoms with Crippen molar-refractivity contribution < 1.29 is 9.90 Å². The Bertz CT molecular complexity index is 251. The van der Waals surface area contributed by atoms with Crippen LogP contribution in [-0.4, -0.2) is 11.1 Å². The number of hydrogen-bond acceptors (Lipinski definition) is 2. The van der Waals surface area contributed by atoms with E-state index in [1.165, 1.54) is 32.1 Å². The van der Waals surface area contributed by atoms with Gasteiger partial charge in [-0.3, -0.25) is 4.79 Å². The van der Waals surface area contributed by atoms with Gasteiger partial charge in [0, 0.05) is 0 Å². The predicted molar refractivity (Wildman–Crippen MR) is 57.1 cm³/mol. The van der Waals surface area contributed by atoms with E-state index in [2.05, 4.69) is 6.92 Å². The largest absolute Gasteiger partial charge is 0.480 e. The fraction of sp³-hybridized carbons (Fsp3) is 0.833. The van der Waals surface area contributed by atoms with Crippen LogP contribution >= 0.6 is 0 Å². The van der Waals surface area contributed by atoms with E-state index >= 15 is 0 Å². The van der Waals surface area contributed by atoms with Gasteiger partial charge >= 0.3 is 5.97 Å². The first-order valence-electron chi connectivity index (χ1n) is 5.77. The second-order valence-corrected chi connectivity index (χ2v) is 4.63.